The molecule has 0 fully saturated rings. The van der Waals surface area contributed by atoms with Crippen LogP contribution in [0.4, 0.5) is 4.39 Å². The fraction of sp³-hybridized carbons (Fsp3) is 0.118. The lowest BCUT2D eigenvalue weighted by atomic mass is 10.2. The van der Waals surface area contributed by atoms with Gasteiger partial charge < -0.3 is 9.84 Å². The summed E-state index contributed by atoms with van der Waals surface area (Å²) < 4.78 is 18.6. The number of ether oxygens (including phenoxy) is 1. The van der Waals surface area contributed by atoms with E-state index >= 15 is 0 Å². The number of aromatic nitrogens is 1. The van der Waals surface area contributed by atoms with Gasteiger partial charge in [-0.25, -0.2) is 9.37 Å². The van der Waals surface area contributed by atoms with Crippen molar-refractivity contribution in [1.82, 2.24) is 4.98 Å². The van der Waals surface area contributed by atoms with E-state index in [0.29, 0.717) is 12.4 Å². The summed E-state index contributed by atoms with van der Waals surface area (Å²) in [5, 5.41) is 11.9. The number of nitrogens with zero attached hydrogens (tertiary/aromatic N) is 1. The molecule has 0 saturated carbocycles. The summed E-state index contributed by atoms with van der Waals surface area (Å²) in [6, 6.07) is 13.6. The molecule has 0 aliphatic rings. The average molecular weight is 315 g/mol. The van der Waals surface area contributed by atoms with Crippen LogP contribution in [0.2, 0.25) is 0 Å². The Kier molecular flexibility index (Phi) is 4.46. The van der Waals surface area contributed by atoms with E-state index in [9.17, 15) is 4.39 Å². The Bertz CT molecular complexity index is 755. The van der Waals surface area contributed by atoms with Crippen LogP contribution in [-0.2, 0) is 13.2 Å². The van der Waals surface area contributed by atoms with E-state index in [-0.39, 0.29) is 12.4 Å². The number of halogens is 1. The second-order valence-corrected chi connectivity index (χ2v) is 5.60. The van der Waals surface area contributed by atoms with Crippen molar-refractivity contribution in [3.8, 4) is 16.3 Å². The summed E-state index contributed by atoms with van der Waals surface area (Å²) in [7, 11) is 0. The Labute approximate surface area is 131 Å². The SMILES string of the molecule is OCc1cccc(OCc2csc(-c3ccc(F)cc3)n2)c1. The number of hydrogen-bond acceptors (Lipinski definition) is 4. The van der Waals surface area contributed by atoms with Crippen LogP contribution in [0, 0.1) is 5.82 Å². The van der Waals surface area contributed by atoms with Gasteiger partial charge in [-0.05, 0) is 42.0 Å². The minimum atomic E-state index is -0.257. The molecular weight excluding hydrogens is 301 g/mol. The van der Waals surface area contributed by atoms with Crippen molar-refractivity contribution in [3.63, 3.8) is 0 Å². The summed E-state index contributed by atoms with van der Waals surface area (Å²) in [5.74, 6) is 0.440. The van der Waals surface area contributed by atoms with Gasteiger partial charge in [0, 0.05) is 10.9 Å². The van der Waals surface area contributed by atoms with Crippen molar-refractivity contribution < 1.29 is 14.2 Å². The molecule has 0 aliphatic carbocycles. The highest BCUT2D eigenvalue weighted by atomic mass is 32.1. The summed E-state index contributed by atoms with van der Waals surface area (Å²) in [6.45, 7) is 0.342. The quantitative estimate of drug-likeness (QED) is 0.773. The lowest BCUT2D eigenvalue weighted by molar-refractivity contribution is 0.277. The number of benzene rings is 2. The first-order chi connectivity index (χ1) is 10.7. The molecule has 1 heterocycles. The van der Waals surface area contributed by atoms with Crippen LogP contribution in [-0.4, -0.2) is 10.1 Å². The maximum Gasteiger partial charge on any atom is 0.131 e. The van der Waals surface area contributed by atoms with Crippen molar-refractivity contribution in [2.75, 3.05) is 0 Å². The largest absolute Gasteiger partial charge is 0.487 e. The molecule has 0 aliphatic heterocycles. The van der Waals surface area contributed by atoms with E-state index < -0.39 is 0 Å². The number of hydrogen-bond donors (Lipinski definition) is 1. The fourth-order valence-electron chi connectivity index (χ4n) is 1.99. The van der Waals surface area contributed by atoms with E-state index in [4.69, 9.17) is 9.84 Å². The van der Waals surface area contributed by atoms with Crippen LogP contribution in [0.15, 0.2) is 53.9 Å². The van der Waals surface area contributed by atoms with E-state index in [1.807, 2.05) is 23.6 Å². The lowest BCUT2D eigenvalue weighted by Gasteiger charge is -2.05. The third-order valence-electron chi connectivity index (χ3n) is 3.11. The monoisotopic (exact) mass is 315 g/mol. The maximum atomic E-state index is 12.9. The van der Waals surface area contributed by atoms with Crippen LogP contribution in [0.5, 0.6) is 5.75 Å². The molecule has 1 N–H and O–H groups in total. The molecule has 0 spiro atoms. The molecule has 0 saturated heterocycles. The van der Waals surface area contributed by atoms with E-state index in [1.54, 1.807) is 18.2 Å². The molecule has 2 aromatic carbocycles. The van der Waals surface area contributed by atoms with Gasteiger partial charge in [-0.15, -0.1) is 11.3 Å². The molecule has 3 rings (SSSR count). The van der Waals surface area contributed by atoms with Gasteiger partial charge in [-0.1, -0.05) is 12.1 Å². The number of rotatable bonds is 5. The van der Waals surface area contributed by atoms with Gasteiger partial charge >= 0.3 is 0 Å². The van der Waals surface area contributed by atoms with Gasteiger partial charge in [0.15, 0.2) is 0 Å². The highest BCUT2D eigenvalue weighted by molar-refractivity contribution is 7.13. The molecule has 0 bridgehead atoms. The minimum absolute atomic E-state index is 0.0113. The normalized spacial score (nSPS) is 10.6. The van der Waals surface area contributed by atoms with Gasteiger partial charge in [-0.3, -0.25) is 0 Å². The lowest BCUT2D eigenvalue weighted by Crippen LogP contribution is -1.96. The number of aliphatic hydroxyl groups excluding tert-OH is 1. The molecule has 1 aromatic heterocycles. The van der Waals surface area contributed by atoms with Gasteiger partial charge in [0.2, 0.25) is 0 Å². The molecule has 112 valence electrons. The van der Waals surface area contributed by atoms with Crippen molar-refractivity contribution in [3.05, 3.63) is 71.0 Å². The Morgan fingerprint density at radius 2 is 1.95 bits per heavy atom. The third-order valence-corrected chi connectivity index (χ3v) is 4.05. The Morgan fingerprint density at radius 3 is 2.73 bits per heavy atom. The van der Waals surface area contributed by atoms with Gasteiger partial charge in [0.25, 0.3) is 0 Å². The highest BCUT2D eigenvalue weighted by Crippen LogP contribution is 2.24. The van der Waals surface area contributed by atoms with Crippen molar-refractivity contribution >= 4 is 11.3 Å². The zero-order chi connectivity index (χ0) is 15.4. The first kappa shape index (κ1) is 14.7. The van der Waals surface area contributed by atoms with Crippen LogP contribution in [0.3, 0.4) is 0 Å². The molecule has 3 aromatic rings. The molecular formula is C17H14FNO2S. The molecule has 0 amide bonds. The number of aliphatic hydroxyl groups is 1. The molecule has 0 atom stereocenters. The first-order valence-corrected chi connectivity index (χ1v) is 7.65. The van der Waals surface area contributed by atoms with E-state index in [0.717, 1.165) is 21.8 Å². The second-order valence-electron chi connectivity index (χ2n) is 4.75. The summed E-state index contributed by atoms with van der Waals surface area (Å²) in [5.41, 5.74) is 2.52. The zero-order valence-electron chi connectivity index (χ0n) is 11.7. The van der Waals surface area contributed by atoms with Crippen molar-refractivity contribution in [2.45, 2.75) is 13.2 Å². The summed E-state index contributed by atoms with van der Waals surface area (Å²) >= 11 is 1.50. The first-order valence-electron chi connectivity index (χ1n) is 6.77. The molecule has 5 heteroatoms. The Balaban J connectivity index is 1.67. The average Bonchev–Trinajstić information content (AvgIpc) is 3.03. The van der Waals surface area contributed by atoms with Crippen LogP contribution >= 0.6 is 11.3 Å². The standard InChI is InChI=1S/C17H14FNO2S/c18-14-6-4-13(5-7-14)17-19-15(11-22-17)10-21-16-3-1-2-12(8-16)9-20/h1-8,11,20H,9-10H2. The Morgan fingerprint density at radius 1 is 1.14 bits per heavy atom. The summed E-state index contributed by atoms with van der Waals surface area (Å²) in [4.78, 5) is 4.49. The van der Waals surface area contributed by atoms with Crippen molar-refractivity contribution in [1.29, 1.82) is 0 Å². The fourth-order valence-corrected chi connectivity index (χ4v) is 2.80. The third kappa shape index (κ3) is 3.50. The number of thiazole rings is 1. The summed E-state index contributed by atoms with van der Waals surface area (Å²) in [6.07, 6.45) is 0. The van der Waals surface area contributed by atoms with Gasteiger partial charge in [0.1, 0.15) is 23.2 Å². The molecule has 22 heavy (non-hydrogen) atoms. The maximum absolute atomic E-state index is 12.9. The Hall–Kier alpha value is -2.24. The topological polar surface area (TPSA) is 42.4 Å². The molecule has 0 unspecified atom stereocenters. The predicted molar refractivity (Wildman–Crippen MR) is 84.2 cm³/mol. The highest BCUT2D eigenvalue weighted by Gasteiger charge is 2.06. The van der Waals surface area contributed by atoms with Crippen LogP contribution < -0.4 is 4.74 Å². The smallest absolute Gasteiger partial charge is 0.131 e. The second kappa shape index (κ2) is 6.68. The van der Waals surface area contributed by atoms with Crippen LogP contribution in [0.25, 0.3) is 10.6 Å². The molecule has 3 nitrogen and oxygen atoms in total. The van der Waals surface area contributed by atoms with Crippen LogP contribution in [0.1, 0.15) is 11.3 Å². The van der Waals surface area contributed by atoms with E-state index in [2.05, 4.69) is 4.98 Å². The molecule has 0 radical (unpaired) electrons. The van der Waals surface area contributed by atoms with E-state index in [1.165, 1.54) is 23.5 Å². The minimum Gasteiger partial charge on any atom is -0.487 e. The van der Waals surface area contributed by atoms with Gasteiger partial charge in [-0.2, -0.15) is 0 Å². The predicted octanol–water partition coefficient (Wildman–Crippen LogP) is 4.02. The van der Waals surface area contributed by atoms with Crippen molar-refractivity contribution in [2.24, 2.45) is 0 Å². The van der Waals surface area contributed by atoms with Gasteiger partial charge in [0.05, 0.1) is 12.3 Å². The zero-order valence-corrected chi connectivity index (χ0v) is 12.5.